The number of rotatable bonds is 5. The van der Waals surface area contributed by atoms with Gasteiger partial charge in [0.1, 0.15) is 0 Å². The van der Waals surface area contributed by atoms with Gasteiger partial charge in [0, 0.05) is 25.2 Å². The third-order valence-corrected chi connectivity index (χ3v) is 4.55. The summed E-state index contributed by atoms with van der Waals surface area (Å²) < 4.78 is 0. The molecule has 1 aliphatic rings. The van der Waals surface area contributed by atoms with Crippen LogP contribution in [0.15, 0.2) is 24.3 Å². The molecule has 3 heteroatoms. The van der Waals surface area contributed by atoms with Gasteiger partial charge in [0.15, 0.2) is 0 Å². The zero-order valence-electron chi connectivity index (χ0n) is 13.3. The first kappa shape index (κ1) is 16.0. The van der Waals surface area contributed by atoms with Crippen LogP contribution in [-0.4, -0.2) is 11.9 Å². The van der Waals surface area contributed by atoms with Crippen molar-refractivity contribution in [2.45, 2.75) is 65.0 Å². The van der Waals surface area contributed by atoms with Crippen LogP contribution in [0.4, 0.5) is 5.69 Å². The van der Waals surface area contributed by atoms with E-state index in [2.05, 4.69) is 23.6 Å². The lowest BCUT2D eigenvalue weighted by molar-refractivity contribution is -0.114. The second-order valence-electron chi connectivity index (χ2n) is 6.26. The van der Waals surface area contributed by atoms with Crippen molar-refractivity contribution in [1.29, 1.82) is 0 Å². The van der Waals surface area contributed by atoms with Crippen molar-refractivity contribution in [3.8, 4) is 0 Å². The van der Waals surface area contributed by atoms with Gasteiger partial charge in [0.05, 0.1) is 0 Å². The molecule has 0 heterocycles. The molecule has 0 radical (unpaired) electrons. The van der Waals surface area contributed by atoms with Gasteiger partial charge in [-0.25, -0.2) is 0 Å². The first-order valence-corrected chi connectivity index (χ1v) is 8.25. The molecule has 1 saturated carbocycles. The number of para-hydroxylation sites is 1. The molecule has 3 nitrogen and oxygen atoms in total. The number of hydrogen-bond donors (Lipinski definition) is 2. The van der Waals surface area contributed by atoms with E-state index in [0.717, 1.165) is 23.7 Å². The fraction of sp³-hybridized carbons (Fsp3) is 0.611. The number of carbonyl (C=O) groups is 1. The van der Waals surface area contributed by atoms with E-state index < -0.39 is 0 Å². The molecular formula is C18H28N2O. The summed E-state index contributed by atoms with van der Waals surface area (Å²) in [5, 5.41) is 6.57. The van der Waals surface area contributed by atoms with E-state index in [1.165, 1.54) is 38.5 Å². The average Bonchev–Trinajstić information content (AvgIpc) is 2.74. The Balaban J connectivity index is 1.91. The topological polar surface area (TPSA) is 41.1 Å². The number of nitrogens with one attached hydrogen (secondary N) is 2. The van der Waals surface area contributed by atoms with Gasteiger partial charge < -0.3 is 10.6 Å². The molecule has 0 saturated heterocycles. The molecule has 1 aliphatic carbocycles. The van der Waals surface area contributed by atoms with Crippen LogP contribution in [0.3, 0.4) is 0 Å². The van der Waals surface area contributed by atoms with Crippen LogP contribution < -0.4 is 10.6 Å². The van der Waals surface area contributed by atoms with Crippen molar-refractivity contribution in [3.63, 3.8) is 0 Å². The monoisotopic (exact) mass is 288 g/mol. The Hall–Kier alpha value is -1.35. The summed E-state index contributed by atoms with van der Waals surface area (Å²) in [6.45, 7) is 4.67. The normalized spacial score (nSPS) is 18.0. The van der Waals surface area contributed by atoms with E-state index >= 15 is 0 Å². The molecular weight excluding hydrogens is 260 g/mol. The SMILES string of the molecule is CC(=O)Nc1ccccc1CN[C@H](C)C1CCCCCC1. The van der Waals surface area contributed by atoms with Gasteiger partial charge >= 0.3 is 0 Å². The summed E-state index contributed by atoms with van der Waals surface area (Å²) in [5.74, 6) is 0.777. The van der Waals surface area contributed by atoms with Crippen molar-refractivity contribution in [1.82, 2.24) is 5.32 Å². The lowest BCUT2D eigenvalue weighted by Crippen LogP contribution is -2.33. The van der Waals surface area contributed by atoms with Crippen LogP contribution in [0.5, 0.6) is 0 Å². The van der Waals surface area contributed by atoms with Gasteiger partial charge in [-0.15, -0.1) is 0 Å². The van der Waals surface area contributed by atoms with Crippen LogP contribution in [0.2, 0.25) is 0 Å². The molecule has 0 bridgehead atoms. The third kappa shape index (κ3) is 5.16. The minimum absolute atomic E-state index is 0.0146. The lowest BCUT2D eigenvalue weighted by atomic mass is 9.93. The second kappa shape index (κ2) is 8.18. The van der Waals surface area contributed by atoms with E-state index in [9.17, 15) is 4.79 Å². The Kier molecular flexibility index (Phi) is 6.24. The minimum atomic E-state index is -0.0146. The molecule has 1 amide bonds. The summed E-state index contributed by atoms with van der Waals surface area (Å²) in [7, 11) is 0. The molecule has 1 aromatic carbocycles. The molecule has 2 N–H and O–H groups in total. The molecule has 116 valence electrons. The highest BCUT2D eigenvalue weighted by Gasteiger charge is 2.18. The average molecular weight is 288 g/mol. The zero-order valence-corrected chi connectivity index (χ0v) is 13.3. The molecule has 0 aromatic heterocycles. The first-order valence-electron chi connectivity index (χ1n) is 8.25. The number of amides is 1. The first-order chi connectivity index (χ1) is 10.2. The van der Waals surface area contributed by atoms with Crippen LogP contribution in [0.1, 0.15) is 57.9 Å². The second-order valence-corrected chi connectivity index (χ2v) is 6.26. The molecule has 1 fully saturated rings. The largest absolute Gasteiger partial charge is 0.326 e. The maximum atomic E-state index is 11.3. The van der Waals surface area contributed by atoms with E-state index in [1.807, 2.05) is 18.2 Å². The van der Waals surface area contributed by atoms with E-state index in [0.29, 0.717) is 6.04 Å². The quantitative estimate of drug-likeness (QED) is 0.801. The fourth-order valence-electron chi connectivity index (χ4n) is 3.23. The third-order valence-electron chi connectivity index (χ3n) is 4.55. The Morgan fingerprint density at radius 2 is 1.86 bits per heavy atom. The zero-order chi connectivity index (χ0) is 15.1. The number of benzene rings is 1. The number of hydrogen-bond acceptors (Lipinski definition) is 2. The maximum Gasteiger partial charge on any atom is 0.221 e. The molecule has 21 heavy (non-hydrogen) atoms. The van der Waals surface area contributed by atoms with E-state index in [1.54, 1.807) is 6.92 Å². The predicted molar refractivity (Wildman–Crippen MR) is 88.2 cm³/mol. The lowest BCUT2D eigenvalue weighted by Gasteiger charge is -2.24. The van der Waals surface area contributed by atoms with E-state index in [-0.39, 0.29) is 5.91 Å². The van der Waals surface area contributed by atoms with Gasteiger partial charge in [-0.2, -0.15) is 0 Å². The summed E-state index contributed by atoms with van der Waals surface area (Å²) in [5.41, 5.74) is 2.08. The number of anilines is 1. The van der Waals surface area contributed by atoms with Crippen LogP contribution in [0.25, 0.3) is 0 Å². The molecule has 2 rings (SSSR count). The van der Waals surface area contributed by atoms with Gasteiger partial charge in [-0.1, -0.05) is 43.9 Å². The van der Waals surface area contributed by atoms with Gasteiger partial charge in [-0.3, -0.25) is 4.79 Å². The van der Waals surface area contributed by atoms with Gasteiger partial charge in [0.25, 0.3) is 0 Å². The van der Waals surface area contributed by atoms with Gasteiger partial charge in [-0.05, 0) is 37.3 Å². The predicted octanol–water partition coefficient (Wildman–Crippen LogP) is 4.09. The van der Waals surface area contributed by atoms with Crippen molar-refractivity contribution in [2.24, 2.45) is 5.92 Å². The Morgan fingerprint density at radius 3 is 2.52 bits per heavy atom. The summed E-state index contributed by atoms with van der Waals surface area (Å²) in [6.07, 6.45) is 8.24. The van der Waals surface area contributed by atoms with Crippen molar-refractivity contribution in [2.75, 3.05) is 5.32 Å². The van der Waals surface area contributed by atoms with Crippen molar-refractivity contribution < 1.29 is 4.79 Å². The molecule has 0 spiro atoms. The van der Waals surface area contributed by atoms with Crippen molar-refractivity contribution in [3.05, 3.63) is 29.8 Å². The fourth-order valence-corrected chi connectivity index (χ4v) is 3.23. The smallest absolute Gasteiger partial charge is 0.221 e. The van der Waals surface area contributed by atoms with Crippen LogP contribution >= 0.6 is 0 Å². The van der Waals surface area contributed by atoms with Crippen LogP contribution in [-0.2, 0) is 11.3 Å². The number of carbonyl (C=O) groups excluding carboxylic acids is 1. The Bertz CT molecular complexity index is 450. The standard InChI is InChI=1S/C18H28N2O/c1-14(16-9-5-3-4-6-10-16)19-13-17-11-7-8-12-18(17)20-15(2)21/h7-8,11-12,14,16,19H,3-6,9-10,13H2,1-2H3,(H,20,21)/t14-/m1/s1. The molecule has 1 aromatic rings. The maximum absolute atomic E-state index is 11.3. The van der Waals surface area contributed by atoms with Crippen LogP contribution in [0, 0.1) is 5.92 Å². The Labute approximate surface area is 128 Å². The van der Waals surface area contributed by atoms with Gasteiger partial charge in [0.2, 0.25) is 5.91 Å². The molecule has 0 unspecified atom stereocenters. The summed E-state index contributed by atoms with van der Waals surface area (Å²) in [6, 6.07) is 8.57. The minimum Gasteiger partial charge on any atom is -0.326 e. The highest BCUT2D eigenvalue weighted by Crippen LogP contribution is 2.26. The molecule has 1 atom stereocenters. The van der Waals surface area contributed by atoms with E-state index in [4.69, 9.17) is 0 Å². The highest BCUT2D eigenvalue weighted by molar-refractivity contribution is 5.89. The Morgan fingerprint density at radius 1 is 1.19 bits per heavy atom. The highest BCUT2D eigenvalue weighted by atomic mass is 16.1. The summed E-state index contributed by atoms with van der Waals surface area (Å²) in [4.78, 5) is 11.3. The summed E-state index contributed by atoms with van der Waals surface area (Å²) >= 11 is 0. The van der Waals surface area contributed by atoms with Crippen molar-refractivity contribution >= 4 is 11.6 Å². The molecule has 0 aliphatic heterocycles.